The SMILES string of the molecule is Nc1ccc(CNC(=O)c2cc([N+](=O)[O-])ccc2Cl)cc1. The van der Waals surface area contributed by atoms with Crippen LogP contribution in [0.4, 0.5) is 11.4 Å². The molecule has 0 aromatic heterocycles. The van der Waals surface area contributed by atoms with Crippen molar-refractivity contribution in [2.45, 2.75) is 6.54 Å². The number of hydrogen-bond acceptors (Lipinski definition) is 4. The number of nitrogens with zero attached hydrogens (tertiary/aromatic N) is 1. The first kappa shape index (κ1) is 14.8. The van der Waals surface area contributed by atoms with Crippen LogP contribution in [0.5, 0.6) is 0 Å². The molecule has 7 heteroatoms. The van der Waals surface area contributed by atoms with E-state index in [1.54, 1.807) is 24.3 Å². The number of nitrogens with two attached hydrogens (primary N) is 1. The smallest absolute Gasteiger partial charge is 0.270 e. The molecule has 0 heterocycles. The molecule has 0 unspecified atom stereocenters. The number of amides is 1. The molecule has 0 radical (unpaired) electrons. The second kappa shape index (κ2) is 6.23. The lowest BCUT2D eigenvalue weighted by Gasteiger charge is -2.07. The second-order valence-electron chi connectivity index (χ2n) is 4.35. The number of rotatable bonds is 4. The topological polar surface area (TPSA) is 98.3 Å². The Morgan fingerprint density at radius 3 is 2.52 bits per heavy atom. The van der Waals surface area contributed by atoms with Crippen LogP contribution in [0.15, 0.2) is 42.5 Å². The molecule has 0 bridgehead atoms. The summed E-state index contributed by atoms with van der Waals surface area (Å²) >= 11 is 5.90. The molecule has 2 rings (SSSR count). The fraction of sp³-hybridized carbons (Fsp3) is 0.0714. The molecule has 6 nitrogen and oxygen atoms in total. The molecule has 0 saturated heterocycles. The average molecular weight is 306 g/mol. The van der Waals surface area contributed by atoms with Gasteiger partial charge in [0, 0.05) is 24.4 Å². The number of halogens is 1. The number of carbonyl (C=O) groups is 1. The first-order valence-electron chi connectivity index (χ1n) is 6.04. The Morgan fingerprint density at radius 2 is 1.90 bits per heavy atom. The zero-order valence-electron chi connectivity index (χ0n) is 10.9. The lowest BCUT2D eigenvalue weighted by Crippen LogP contribution is -2.23. The lowest BCUT2D eigenvalue weighted by molar-refractivity contribution is -0.384. The normalized spacial score (nSPS) is 10.1. The molecule has 0 aliphatic rings. The summed E-state index contributed by atoms with van der Waals surface area (Å²) in [5.41, 5.74) is 6.95. The van der Waals surface area contributed by atoms with E-state index in [2.05, 4.69) is 5.32 Å². The Hall–Kier alpha value is -2.60. The van der Waals surface area contributed by atoms with E-state index in [4.69, 9.17) is 17.3 Å². The maximum atomic E-state index is 12.0. The highest BCUT2D eigenvalue weighted by atomic mass is 35.5. The molecule has 0 saturated carbocycles. The Balaban J connectivity index is 2.11. The van der Waals surface area contributed by atoms with Crippen molar-refractivity contribution >= 4 is 28.9 Å². The second-order valence-corrected chi connectivity index (χ2v) is 4.75. The van der Waals surface area contributed by atoms with Crippen molar-refractivity contribution in [2.75, 3.05) is 5.73 Å². The van der Waals surface area contributed by atoms with Gasteiger partial charge in [-0.2, -0.15) is 0 Å². The molecular weight excluding hydrogens is 294 g/mol. The van der Waals surface area contributed by atoms with E-state index in [1.165, 1.54) is 12.1 Å². The minimum atomic E-state index is -0.576. The van der Waals surface area contributed by atoms with Gasteiger partial charge >= 0.3 is 0 Å². The number of benzene rings is 2. The third-order valence-corrected chi connectivity index (χ3v) is 3.17. The van der Waals surface area contributed by atoms with Crippen LogP contribution in [-0.2, 0) is 6.54 Å². The largest absolute Gasteiger partial charge is 0.399 e. The predicted molar refractivity (Wildman–Crippen MR) is 80.1 cm³/mol. The van der Waals surface area contributed by atoms with E-state index in [1.807, 2.05) is 0 Å². The van der Waals surface area contributed by atoms with Gasteiger partial charge in [-0.25, -0.2) is 0 Å². The Labute approximate surface area is 125 Å². The molecule has 2 aromatic carbocycles. The summed E-state index contributed by atoms with van der Waals surface area (Å²) < 4.78 is 0. The fourth-order valence-electron chi connectivity index (χ4n) is 1.71. The number of non-ortho nitro benzene ring substituents is 1. The van der Waals surface area contributed by atoms with Crippen molar-refractivity contribution in [3.05, 3.63) is 68.7 Å². The van der Waals surface area contributed by atoms with Crippen molar-refractivity contribution in [3.63, 3.8) is 0 Å². The molecule has 0 fully saturated rings. The summed E-state index contributed by atoms with van der Waals surface area (Å²) in [4.78, 5) is 22.2. The Morgan fingerprint density at radius 1 is 1.24 bits per heavy atom. The summed E-state index contributed by atoms with van der Waals surface area (Å²) in [6.07, 6.45) is 0. The number of nitro groups is 1. The van der Waals surface area contributed by atoms with Crippen LogP contribution >= 0.6 is 11.6 Å². The lowest BCUT2D eigenvalue weighted by atomic mass is 10.1. The van der Waals surface area contributed by atoms with Gasteiger partial charge < -0.3 is 11.1 Å². The van der Waals surface area contributed by atoms with Gasteiger partial charge in [0.2, 0.25) is 0 Å². The van der Waals surface area contributed by atoms with E-state index in [0.717, 1.165) is 11.6 Å². The molecular formula is C14H12ClN3O3. The van der Waals surface area contributed by atoms with Crippen molar-refractivity contribution in [3.8, 4) is 0 Å². The monoisotopic (exact) mass is 305 g/mol. The summed E-state index contributed by atoms with van der Waals surface area (Å²) in [5.74, 6) is -0.472. The molecule has 0 spiro atoms. The highest BCUT2D eigenvalue weighted by molar-refractivity contribution is 6.33. The molecule has 3 N–H and O–H groups in total. The Bertz CT molecular complexity index is 686. The minimum absolute atomic E-state index is 0.0707. The van der Waals surface area contributed by atoms with Crippen molar-refractivity contribution in [1.29, 1.82) is 0 Å². The predicted octanol–water partition coefficient (Wildman–Crippen LogP) is 2.76. The summed E-state index contributed by atoms with van der Waals surface area (Å²) in [6.45, 7) is 0.276. The van der Waals surface area contributed by atoms with Crippen molar-refractivity contribution in [1.82, 2.24) is 5.32 Å². The molecule has 0 aliphatic carbocycles. The fourth-order valence-corrected chi connectivity index (χ4v) is 1.92. The number of hydrogen-bond donors (Lipinski definition) is 2. The van der Waals surface area contributed by atoms with Gasteiger partial charge in [0.25, 0.3) is 11.6 Å². The van der Waals surface area contributed by atoms with E-state index in [0.29, 0.717) is 5.69 Å². The van der Waals surface area contributed by atoms with E-state index >= 15 is 0 Å². The number of nitrogen functional groups attached to an aromatic ring is 1. The van der Waals surface area contributed by atoms with Crippen molar-refractivity contribution in [2.24, 2.45) is 0 Å². The maximum absolute atomic E-state index is 12.0. The maximum Gasteiger partial charge on any atom is 0.270 e. The van der Waals surface area contributed by atoms with Gasteiger partial charge in [-0.1, -0.05) is 23.7 Å². The standard InChI is InChI=1S/C14H12ClN3O3/c15-13-6-5-11(18(20)21)7-12(13)14(19)17-8-9-1-3-10(16)4-2-9/h1-7H,8,16H2,(H,17,19). The highest BCUT2D eigenvalue weighted by Gasteiger charge is 2.15. The third kappa shape index (κ3) is 3.70. The zero-order valence-corrected chi connectivity index (χ0v) is 11.6. The molecule has 21 heavy (non-hydrogen) atoms. The van der Waals surface area contributed by atoms with Crippen LogP contribution < -0.4 is 11.1 Å². The third-order valence-electron chi connectivity index (χ3n) is 2.84. The summed E-state index contributed by atoms with van der Waals surface area (Å²) in [6, 6.07) is 10.7. The van der Waals surface area contributed by atoms with Crippen LogP contribution in [0.25, 0.3) is 0 Å². The van der Waals surface area contributed by atoms with Gasteiger partial charge in [0.05, 0.1) is 15.5 Å². The van der Waals surface area contributed by atoms with Gasteiger partial charge in [-0.05, 0) is 23.8 Å². The number of nitro benzene ring substituents is 1. The molecule has 2 aromatic rings. The van der Waals surface area contributed by atoms with Gasteiger partial charge in [0.15, 0.2) is 0 Å². The Kier molecular flexibility index (Phi) is 4.39. The van der Waals surface area contributed by atoms with Crippen LogP contribution in [0.1, 0.15) is 15.9 Å². The average Bonchev–Trinajstić information content (AvgIpc) is 2.46. The number of anilines is 1. The van der Waals surface area contributed by atoms with Crippen LogP contribution in [0.2, 0.25) is 5.02 Å². The number of carbonyl (C=O) groups excluding carboxylic acids is 1. The van der Waals surface area contributed by atoms with Gasteiger partial charge in [-0.15, -0.1) is 0 Å². The van der Waals surface area contributed by atoms with Crippen LogP contribution in [-0.4, -0.2) is 10.8 Å². The quantitative estimate of drug-likeness (QED) is 0.515. The van der Waals surface area contributed by atoms with E-state index < -0.39 is 10.8 Å². The van der Waals surface area contributed by atoms with Crippen LogP contribution in [0, 0.1) is 10.1 Å². The van der Waals surface area contributed by atoms with Crippen LogP contribution in [0.3, 0.4) is 0 Å². The highest BCUT2D eigenvalue weighted by Crippen LogP contribution is 2.22. The summed E-state index contributed by atoms with van der Waals surface area (Å²) in [5, 5.41) is 13.5. The first-order chi connectivity index (χ1) is 9.97. The van der Waals surface area contributed by atoms with E-state index in [9.17, 15) is 14.9 Å². The van der Waals surface area contributed by atoms with E-state index in [-0.39, 0.29) is 22.8 Å². The van der Waals surface area contributed by atoms with Crippen molar-refractivity contribution < 1.29 is 9.72 Å². The minimum Gasteiger partial charge on any atom is -0.399 e. The molecule has 0 aliphatic heterocycles. The molecule has 1 amide bonds. The first-order valence-corrected chi connectivity index (χ1v) is 6.42. The van der Waals surface area contributed by atoms with Gasteiger partial charge in [-0.3, -0.25) is 14.9 Å². The zero-order chi connectivity index (χ0) is 15.4. The molecule has 108 valence electrons. The number of nitrogens with one attached hydrogen (secondary N) is 1. The summed E-state index contributed by atoms with van der Waals surface area (Å²) in [7, 11) is 0. The molecule has 0 atom stereocenters. The van der Waals surface area contributed by atoms with Gasteiger partial charge in [0.1, 0.15) is 0 Å².